The second-order valence-electron chi connectivity index (χ2n) is 10.8. The van der Waals surface area contributed by atoms with Gasteiger partial charge in [0.05, 0.1) is 32.7 Å². The number of urea groups is 2. The van der Waals surface area contributed by atoms with Crippen LogP contribution in [0, 0.1) is 11.7 Å². The fourth-order valence-corrected chi connectivity index (χ4v) is 4.80. The van der Waals surface area contributed by atoms with Crippen molar-refractivity contribution in [3.8, 4) is 11.5 Å². The summed E-state index contributed by atoms with van der Waals surface area (Å²) in [6, 6.07) is 16.0. The minimum atomic E-state index is -0.543. The number of carbonyl (C=O) groups is 3. The molecule has 0 saturated carbocycles. The Balaban J connectivity index is 1.54. The van der Waals surface area contributed by atoms with E-state index in [2.05, 4.69) is 16.0 Å². The number of methoxy groups -OCH3 is 1. The molecule has 12 heteroatoms. The quantitative estimate of drug-likeness (QED) is 0.291. The van der Waals surface area contributed by atoms with Gasteiger partial charge in [0.25, 0.3) is 0 Å². The van der Waals surface area contributed by atoms with Crippen molar-refractivity contribution in [2.75, 3.05) is 49.8 Å². The standard InChI is InChI=1S/C32H38FN5O6/c1-20-17-38(21(2)19-39)30(40)16-22-15-26(35-31(41)34-24-7-5-23(33)6-8-24)11-14-28(22)44-29(20)18-37(3)32(42)36-25-9-12-27(43-4)13-10-25/h5-15,20-21,29,39H,16-19H2,1-4H3,(H,36,42)(H2,34,35,41)/t20-,21+,29-/m0/s1. The molecular weight excluding hydrogens is 569 g/mol. The Bertz CT molecular complexity index is 1450. The number of benzene rings is 3. The molecule has 3 atom stereocenters. The van der Waals surface area contributed by atoms with Gasteiger partial charge in [0, 0.05) is 42.1 Å². The van der Waals surface area contributed by atoms with E-state index < -0.39 is 24.0 Å². The summed E-state index contributed by atoms with van der Waals surface area (Å²) in [5, 5.41) is 18.1. The number of anilines is 3. The minimum Gasteiger partial charge on any atom is -0.497 e. The average molecular weight is 608 g/mol. The number of likely N-dealkylation sites (N-methyl/N-ethyl adjacent to an activating group) is 1. The van der Waals surface area contributed by atoms with Crippen molar-refractivity contribution in [2.24, 2.45) is 5.92 Å². The number of ether oxygens (including phenoxy) is 2. The smallest absolute Gasteiger partial charge is 0.323 e. The Morgan fingerprint density at radius 2 is 1.66 bits per heavy atom. The molecule has 0 fully saturated rings. The van der Waals surface area contributed by atoms with Gasteiger partial charge in [0.15, 0.2) is 0 Å². The number of fused-ring (bicyclic) bond motifs is 1. The van der Waals surface area contributed by atoms with Gasteiger partial charge in [0.2, 0.25) is 5.91 Å². The maximum Gasteiger partial charge on any atom is 0.323 e. The fraction of sp³-hybridized carbons (Fsp3) is 0.344. The molecule has 0 saturated heterocycles. The number of amides is 5. The summed E-state index contributed by atoms with van der Waals surface area (Å²) in [4.78, 5) is 42.2. The average Bonchev–Trinajstić information content (AvgIpc) is 3.05. The fourth-order valence-electron chi connectivity index (χ4n) is 4.80. The van der Waals surface area contributed by atoms with E-state index in [1.165, 1.54) is 29.2 Å². The molecule has 44 heavy (non-hydrogen) atoms. The van der Waals surface area contributed by atoms with Crippen LogP contribution in [0.1, 0.15) is 19.4 Å². The molecule has 0 bridgehead atoms. The lowest BCUT2D eigenvalue weighted by atomic mass is 10.0. The van der Waals surface area contributed by atoms with Crippen molar-refractivity contribution in [3.63, 3.8) is 0 Å². The number of nitrogens with zero attached hydrogens (tertiary/aromatic N) is 2. The van der Waals surface area contributed by atoms with Crippen LogP contribution < -0.4 is 25.4 Å². The molecule has 3 aromatic carbocycles. The summed E-state index contributed by atoms with van der Waals surface area (Å²) in [6.07, 6.45) is -0.539. The lowest BCUT2D eigenvalue weighted by Crippen LogP contribution is -2.48. The van der Waals surface area contributed by atoms with Crippen molar-refractivity contribution in [1.29, 1.82) is 0 Å². The first-order valence-corrected chi connectivity index (χ1v) is 14.3. The Kier molecular flexibility index (Phi) is 10.6. The predicted molar refractivity (Wildman–Crippen MR) is 166 cm³/mol. The van der Waals surface area contributed by atoms with Crippen molar-refractivity contribution in [2.45, 2.75) is 32.4 Å². The molecule has 11 nitrogen and oxygen atoms in total. The minimum absolute atomic E-state index is 0.0258. The van der Waals surface area contributed by atoms with Gasteiger partial charge < -0.3 is 40.3 Å². The predicted octanol–water partition coefficient (Wildman–Crippen LogP) is 4.79. The number of carbonyl (C=O) groups excluding carboxylic acids is 3. The molecule has 0 aliphatic carbocycles. The largest absolute Gasteiger partial charge is 0.497 e. The second kappa shape index (κ2) is 14.6. The van der Waals surface area contributed by atoms with E-state index in [4.69, 9.17) is 9.47 Å². The molecule has 0 aromatic heterocycles. The van der Waals surface area contributed by atoms with Crippen LogP contribution in [0.15, 0.2) is 66.7 Å². The zero-order valence-corrected chi connectivity index (χ0v) is 25.2. The third kappa shape index (κ3) is 8.38. The summed E-state index contributed by atoms with van der Waals surface area (Å²) < 4.78 is 24.9. The van der Waals surface area contributed by atoms with Crippen molar-refractivity contribution < 1.29 is 33.4 Å². The van der Waals surface area contributed by atoms with Gasteiger partial charge in [-0.2, -0.15) is 0 Å². The SMILES string of the molecule is COc1ccc(NC(=O)N(C)C[C@@H]2Oc3ccc(NC(=O)Nc4ccc(F)cc4)cc3CC(=O)N([C@H](C)CO)C[C@@H]2C)cc1. The molecule has 1 aliphatic heterocycles. The molecule has 1 aliphatic rings. The molecule has 234 valence electrons. The first-order valence-electron chi connectivity index (χ1n) is 14.3. The molecule has 0 spiro atoms. The molecule has 4 rings (SSSR count). The van der Waals surface area contributed by atoms with Crippen LogP contribution in [0.2, 0.25) is 0 Å². The van der Waals surface area contributed by atoms with Crippen LogP contribution in [-0.4, -0.2) is 78.9 Å². The Morgan fingerprint density at radius 3 is 2.32 bits per heavy atom. The summed E-state index contributed by atoms with van der Waals surface area (Å²) in [7, 11) is 3.23. The number of hydrogen-bond donors (Lipinski definition) is 4. The van der Waals surface area contributed by atoms with Crippen LogP contribution in [0.25, 0.3) is 0 Å². The highest BCUT2D eigenvalue weighted by atomic mass is 19.1. The Labute approximate surface area is 255 Å². The molecule has 5 amide bonds. The molecule has 4 N–H and O–H groups in total. The lowest BCUT2D eigenvalue weighted by molar-refractivity contribution is -0.134. The molecule has 0 unspecified atom stereocenters. The van der Waals surface area contributed by atoms with Gasteiger partial charge in [0.1, 0.15) is 23.4 Å². The lowest BCUT2D eigenvalue weighted by Gasteiger charge is -2.34. The van der Waals surface area contributed by atoms with E-state index in [-0.39, 0.29) is 37.4 Å². The number of nitrogens with one attached hydrogen (secondary N) is 3. The summed E-state index contributed by atoms with van der Waals surface area (Å²) in [5.74, 6) is 0.282. The number of halogens is 1. The van der Waals surface area contributed by atoms with Gasteiger partial charge in [-0.05, 0) is 73.7 Å². The third-order valence-corrected chi connectivity index (χ3v) is 7.42. The topological polar surface area (TPSA) is 132 Å². The van der Waals surface area contributed by atoms with Crippen LogP contribution in [-0.2, 0) is 11.2 Å². The van der Waals surface area contributed by atoms with E-state index in [1.54, 1.807) is 68.4 Å². The first-order chi connectivity index (χ1) is 21.1. The maximum absolute atomic E-state index is 13.5. The highest BCUT2D eigenvalue weighted by Crippen LogP contribution is 2.29. The van der Waals surface area contributed by atoms with E-state index >= 15 is 0 Å². The second-order valence-corrected chi connectivity index (χ2v) is 10.8. The van der Waals surface area contributed by atoms with Gasteiger partial charge in [-0.3, -0.25) is 4.79 Å². The normalized spacial score (nSPS) is 17.1. The number of rotatable bonds is 8. The molecular formula is C32H38FN5O6. The van der Waals surface area contributed by atoms with Gasteiger partial charge in [-0.15, -0.1) is 0 Å². The number of hydrogen-bond acceptors (Lipinski definition) is 6. The number of aliphatic hydroxyl groups is 1. The van der Waals surface area contributed by atoms with Crippen LogP contribution in [0.5, 0.6) is 11.5 Å². The molecule has 1 heterocycles. The monoisotopic (exact) mass is 607 g/mol. The first kappa shape index (κ1) is 32.1. The van der Waals surface area contributed by atoms with Crippen LogP contribution >= 0.6 is 0 Å². The van der Waals surface area contributed by atoms with Gasteiger partial charge in [-0.1, -0.05) is 6.92 Å². The van der Waals surface area contributed by atoms with Gasteiger partial charge in [-0.25, -0.2) is 14.0 Å². The van der Waals surface area contributed by atoms with E-state index in [9.17, 15) is 23.9 Å². The summed E-state index contributed by atoms with van der Waals surface area (Å²) >= 11 is 0. The van der Waals surface area contributed by atoms with Crippen LogP contribution in [0.3, 0.4) is 0 Å². The highest BCUT2D eigenvalue weighted by Gasteiger charge is 2.32. The van der Waals surface area contributed by atoms with E-state index in [0.29, 0.717) is 40.7 Å². The van der Waals surface area contributed by atoms with Crippen molar-refractivity contribution >= 4 is 35.0 Å². The zero-order valence-electron chi connectivity index (χ0n) is 25.2. The summed E-state index contributed by atoms with van der Waals surface area (Å²) in [5.41, 5.74) is 1.97. The van der Waals surface area contributed by atoms with Crippen molar-refractivity contribution in [1.82, 2.24) is 9.80 Å². The van der Waals surface area contributed by atoms with Crippen molar-refractivity contribution in [3.05, 3.63) is 78.1 Å². The van der Waals surface area contributed by atoms with Crippen LogP contribution in [0.4, 0.5) is 31.0 Å². The molecule has 3 aromatic rings. The van der Waals surface area contributed by atoms with Gasteiger partial charge >= 0.3 is 12.1 Å². The highest BCUT2D eigenvalue weighted by molar-refractivity contribution is 6.00. The Hall–Kier alpha value is -4.84. The zero-order chi connectivity index (χ0) is 31.8. The third-order valence-electron chi connectivity index (χ3n) is 7.42. The number of aliphatic hydroxyl groups excluding tert-OH is 1. The maximum atomic E-state index is 13.5. The molecule has 0 radical (unpaired) electrons. The van der Waals surface area contributed by atoms with E-state index in [0.717, 1.165) is 0 Å². The summed E-state index contributed by atoms with van der Waals surface area (Å²) in [6.45, 7) is 4.00. The van der Waals surface area contributed by atoms with E-state index in [1.807, 2.05) is 6.92 Å². The Morgan fingerprint density at radius 1 is 1.05 bits per heavy atom.